The maximum absolute atomic E-state index is 13.6. The molecule has 0 aliphatic rings. The van der Waals surface area contributed by atoms with Gasteiger partial charge in [-0.05, 0) is 52.7 Å². The van der Waals surface area contributed by atoms with Crippen LogP contribution in [0.15, 0.2) is 34.9 Å². The van der Waals surface area contributed by atoms with E-state index in [4.69, 9.17) is 18.0 Å². The van der Waals surface area contributed by atoms with Gasteiger partial charge in [-0.15, -0.1) is 0 Å². The third-order valence-electron chi connectivity index (χ3n) is 2.58. The topological polar surface area (TPSA) is 50.9 Å². The molecule has 0 aliphatic heterocycles. The molecule has 1 aromatic heterocycles. The minimum atomic E-state index is -0.339. The van der Waals surface area contributed by atoms with E-state index in [-0.39, 0.29) is 10.8 Å². The normalized spacial score (nSPS) is 10.3. The third-order valence-corrected chi connectivity index (χ3v) is 3.38. The predicted molar refractivity (Wildman–Crippen MR) is 82.2 cm³/mol. The molecule has 0 saturated carbocycles. The molecule has 3 nitrogen and oxygen atoms in total. The van der Waals surface area contributed by atoms with Gasteiger partial charge in [0.15, 0.2) is 0 Å². The van der Waals surface area contributed by atoms with Crippen molar-refractivity contribution in [2.24, 2.45) is 5.73 Å². The molecule has 2 rings (SSSR count). The summed E-state index contributed by atoms with van der Waals surface area (Å²) in [5, 5.41) is 3.10. The molecule has 0 saturated heterocycles. The van der Waals surface area contributed by atoms with Gasteiger partial charge in [-0.3, -0.25) is 4.98 Å². The lowest BCUT2D eigenvalue weighted by Gasteiger charge is -2.13. The number of aromatic nitrogens is 1. The number of aryl methyl sites for hydroxylation is 1. The summed E-state index contributed by atoms with van der Waals surface area (Å²) in [7, 11) is 0. The predicted octanol–water partition coefficient (Wildman–Crippen LogP) is 3.67. The summed E-state index contributed by atoms with van der Waals surface area (Å²) in [5.41, 5.74) is 8.29. The Hall–Kier alpha value is -1.53. The number of thiocarbonyl (C=S) groups is 1. The summed E-state index contributed by atoms with van der Waals surface area (Å²) in [6.07, 6.45) is 1.61. The quantitative estimate of drug-likeness (QED) is 0.837. The Balaban J connectivity index is 2.42. The van der Waals surface area contributed by atoms with Crippen LogP contribution in [0, 0.1) is 12.7 Å². The molecule has 6 heteroatoms. The Kier molecular flexibility index (Phi) is 4.11. The van der Waals surface area contributed by atoms with Gasteiger partial charge in [0.25, 0.3) is 0 Å². The molecule has 0 amide bonds. The summed E-state index contributed by atoms with van der Waals surface area (Å²) in [6.45, 7) is 1.88. The first-order chi connectivity index (χ1) is 8.99. The Labute approximate surface area is 124 Å². The van der Waals surface area contributed by atoms with Gasteiger partial charge >= 0.3 is 0 Å². The zero-order chi connectivity index (χ0) is 14.0. The third kappa shape index (κ3) is 3.08. The number of hydrogen-bond acceptors (Lipinski definition) is 3. The Bertz CT molecular complexity index is 646. The van der Waals surface area contributed by atoms with Crippen molar-refractivity contribution in [1.82, 2.24) is 4.98 Å². The molecule has 2 aromatic rings. The summed E-state index contributed by atoms with van der Waals surface area (Å²) >= 11 is 8.09. The maximum Gasteiger partial charge on any atom is 0.139 e. The molecule has 0 bridgehead atoms. The van der Waals surface area contributed by atoms with Crippen LogP contribution in [0.3, 0.4) is 0 Å². The number of nitrogens with one attached hydrogen (secondary N) is 1. The van der Waals surface area contributed by atoms with E-state index in [1.54, 1.807) is 24.4 Å². The number of hydrogen-bond donors (Lipinski definition) is 2. The van der Waals surface area contributed by atoms with E-state index in [9.17, 15) is 4.39 Å². The Morgan fingerprint density at radius 3 is 2.84 bits per heavy atom. The van der Waals surface area contributed by atoms with Crippen molar-refractivity contribution < 1.29 is 4.39 Å². The summed E-state index contributed by atoms with van der Waals surface area (Å²) in [5.74, 6) is -0.339. The highest BCUT2D eigenvalue weighted by Crippen LogP contribution is 2.27. The van der Waals surface area contributed by atoms with E-state index in [0.717, 1.165) is 5.56 Å². The van der Waals surface area contributed by atoms with E-state index in [0.29, 0.717) is 21.5 Å². The van der Waals surface area contributed by atoms with Gasteiger partial charge in [0.05, 0.1) is 10.2 Å². The van der Waals surface area contributed by atoms with Gasteiger partial charge in [0.1, 0.15) is 16.5 Å². The molecule has 0 radical (unpaired) electrons. The van der Waals surface area contributed by atoms with Crippen molar-refractivity contribution in [1.29, 1.82) is 0 Å². The zero-order valence-electron chi connectivity index (χ0n) is 10.1. The molecule has 0 atom stereocenters. The van der Waals surface area contributed by atoms with E-state index in [1.807, 2.05) is 6.92 Å². The van der Waals surface area contributed by atoms with Crippen molar-refractivity contribution in [3.05, 3.63) is 52.0 Å². The average Bonchev–Trinajstić information content (AvgIpc) is 2.36. The lowest BCUT2D eigenvalue weighted by molar-refractivity contribution is 0.621. The molecular weight excluding hydrogens is 329 g/mol. The number of benzene rings is 1. The fraction of sp³-hybridized carbons (Fsp3) is 0.0769. The standard InChI is InChI=1S/C13H11BrFN3S/c1-7-5-8(14)9(15)6-11(7)18-10-3-2-4-17-12(10)13(16)19/h2-6,18H,1H3,(H2,16,19). The van der Waals surface area contributed by atoms with Crippen LogP contribution in [0.25, 0.3) is 0 Å². The van der Waals surface area contributed by atoms with Crippen LogP contribution in [0.5, 0.6) is 0 Å². The second-order valence-electron chi connectivity index (χ2n) is 3.97. The van der Waals surface area contributed by atoms with Gasteiger partial charge in [-0.1, -0.05) is 12.2 Å². The fourth-order valence-corrected chi connectivity index (χ4v) is 2.25. The first kappa shape index (κ1) is 13.9. The average molecular weight is 340 g/mol. The minimum Gasteiger partial charge on any atom is -0.388 e. The van der Waals surface area contributed by atoms with E-state index >= 15 is 0 Å². The van der Waals surface area contributed by atoms with Crippen LogP contribution in [-0.4, -0.2) is 9.97 Å². The smallest absolute Gasteiger partial charge is 0.139 e. The molecule has 0 unspecified atom stereocenters. The monoisotopic (exact) mass is 339 g/mol. The number of pyridine rings is 1. The van der Waals surface area contributed by atoms with Crippen molar-refractivity contribution in [2.75, 3.05) is 5.32 Å². The van der Waals surface area contributed by atoms with Crippen LogP contribution in [0.1, 0.15) is 11.3 Å². The maximum atomic E-state index is 13.6. The van der Waals surface area contributed by atoms with E-state index < -0.39 is 0 Å². The summed E-state index contributed by atoms with van der Waals surface area (Å²) < 4.78 is 14.0. The van der Waals surface area contributed by atoms with Crippen molar-refractivity contribution in [3.63, 3.8) is 0 Å². The molecule has 0 aliphatic carbocycles. The molecule has 0 spiro atoms. The lowest BCUT2D eigenvalue weighted by Crippen LogP contribution is -2.14. The first-order valence-electron chi connectivity index (χ1n) is 5.46. The number of rotatable bonds is 3. The van der Waals surface area contributed by atoms with E-state index in [2.05, 4.69) is 26.2 Å². The second-order valence-corrected chi connectivity index (χ2v) is 5.26. The van der Waals surface area contributed by atoms with Gasteiger partial charge in [0, 0.05) is 11.9 Å². The van der Waals surface area contributed by atoms with Gasteiger partial charge < -0.3 is 11.1 Å². The first-order valence-corrected chi connectivity index (χ1v) is 6.66. The number of nitrogens with zero attached hydrogens (tertiary/aromatic N) is 1. The second kappa shape index (κ2) is 5.63. The molecular formula is C13H11BrFN3S. The number of nitrogens with two attached hydrogens (primary N) is 1. The summed E-state index contributed by atoms with van der Waals surface area (Å²) in [4.78, 5) is 4.31. The zero-order valence-corrected chi connectivity index (χ0v) is 12.5. The molecule has 98 valence electrons. The largest absolute Gasteiger partial charge is 0.388 e. The van der Waals surface area contributed by atoms with Crippen LogP contribution in [-0.2, 0) is 0 Å². The lowest BCUT2D eigenvalue weighted by atomic mass is 10.2. The molecule has 1 heterocycles. The minimum absolute atomic E-state index is 0.193. The highest BCUT2D eigenvalue weighted by atomic mass is 79.9. The van der Waals surface area contributed by atoms with Crippen molar-refractivity contribution >= 4 is 44.5 Å². The van der Waals surface area contributed by atoms with Crippen LogP contribution in [0.2, 0.25) is 0 Å². The molecule has 19 heavy (non-hydrogen) atoms. The SMILES string of the molecule is Cc1cc(Br)c(F)cc1Nc1cccnc1C(N)=S. The van der Waals surface area contributed by atoms with E-state index in [1.165, 1.54) is 6.07 Å². The number of anilines is 2. The number of halogens is 2. The van der Waals surface area contributed by atoms with Crippen molar-refractivity contribution in [3.8, 4) is 0 Å². The highest BCUT2D eigenvalue weighted by molar-refractivity contribution is 9.10. The fourth-order valence-electron chi connectivity index (χ4n) is 1.63. The molecule has 3 N–H and O–H groups in total. The van der Waals surface area contributed by atoms with Crippen LogP contribution < -0.4 is 11.1 Å². The van der Waals surface area contributed by atoms with Gasteiger partial charge in [0.2, 0.25) is 0 Å². The van der Waals surface area contributed by atoms with Crippen LogP contribution >= 0.6 is 28.1 Å². The molecule has 1 aromatic carbocycles. The summed E-state index contributed by atoms with van der Waals surface area (Å²) in [6, 6.07) is 6.67. The van der Waals surface area contributed by atoms with Crippen molar-refractivity contribution in [2.45, 2.75) is 6.92 Å². The Morgan fingerprint density at radius 2 is 2.16 bits per heavy atom. The molecule has 0 fully saturated rings. The van der Waals surface area contributed by atoms with Crippen LogP contribution in [0.4, 0.5) is 15.8 Å². The van der Waals surface area contributed by atoms with Gasteiger partial charge in [-0.2, -0.15) is 0 Å². The Morgan fingerprint density at radius 1 is 1.42 bits per heavy atom. The van der Waals surface area contributed by atoms with Gasteiger partial charge in [-0.25, -0.2) is 4.39 Å². The highest BCUT2D eigenvalue weighted by Gasteiger charge is 2.09.